The van der Waals surface area contributed by atoms with E-state index in [0.29, 0.717) is 24.4 Å². The zero-order chi connectivity index (χ0) is 18.9. The maximum Gasteiger partial charge on any atom is 0.253 e. The van der Waals surface area contributed by atoms with Crippen molar-refractivity contribution in [2.24, 2.45) is 0 Å². The van der Waals surface area contributed by atoms with Gasteiger partial charge < -0.3 is 14.7 Å². The summed E-state index contributed by atoms with van der Waals surface area (Å²) in [6, 6.07) is 14.7. The van der Waals surface area contributed by atoms with E-state index in [9.17, 15) is 9.90 Å². The van der Waals surface area contributed by atoms with Gasteiger partial charge in [0.05, 0.1) is 12.8 Å². The van der Waals surface area contributed by atoms with Crippen LogP contribution in [0.2, 0.25) is 0 Å². The lowest BCUT2D eigenvalue weighted by atomic mass is 9.90. The lowest BCUT2D eigenvalue weighted by Gasteiger charge is -2.36. The topological polar surface area (TPSA) is 71.0 Å². The number of piperidine rings is 1. The van der Waals surface area contributed by atoms with Crippen LogP contribution < -0.4 is 10.2 Å². The summed E-state index contributed by atoms with van der Waals surface area (Å²) in [6.45, 7) is 1.20. The highest BCUT2D eigenvalue weighted by atomic mass is 16.7. The third kappa shape index (κ3) is 3.36. The summed E-state index contributed by atoms with van der Waals surface area (Å²) >= 11 is 0. The number of hydroxylamine groups is 1. The maximum absolute atomic E-state index is 12.8. The van der Waals surface area contributed by atoms with Crippen molar-refractivity contribution in [2.45, 2.75) is 18.4 Å². The van der Waals surface area contributed by atoms with E-state index < -0.39 is 0 Å². The Hall–Kier alpha value is -2.99. The minimum Gasteiger partial charge on any atom is -0.504 e. The fourth-order valence-corrected chi connectivity index (χ4v) is 3.57. The molecule has 0 bridgehead atoms. The van der Waals surface area contributed by atoms with Gasteiger partial charge in [0, 0.05) is 31.5 Å². The van der Waals surface area contributed by atoms with E-state index in [1.165, 1.54) is 13.2 Å². The number of phenols is 1. The number of ether oxygens (including phenoxy) is 1. The molecule has 0 atom stereocenters. The van der Waals surface area contributed by atoms with Crippen LogP contribution in [0.4, 0.5) is 0 Å². The third-order valence-corrected chi connectivity index (χ3v) is 5.18. The Bertz CT molecular complexity index is 871. The summed E-state index contributed by atoms with van der Waals surface area (Å²) in [7, 11) is 1.47. The fourth-order valence-electron chi connectivity index (χ4n) is 3.57. The summed E-state index contributed by atoms with van der Waals surface area (Å²) in [4.78, 5) is 20.5. The molecule has 6 nitrogen and oxygen atoms in total. The quantitative estimate of drug-likeness (QED) is 0.874. The average Bonchev–Trinajstić information content (AvgIpc) is 3.13. The molecule has 2 aliphatic heterocycles. The lowest BCUT2D eigenvalue weighted by molar-refractivity contribution is -0.0652. The van der Waals surface area contributed by atoms with Crippen LogP contribution in [0, 0.1) is 0 Å². The Morgan fingerprint density at radius 2 is 1.93 bits per heavy atom. The van der Waals surface area contributed by atoms with E-state index in [0.717, 1.165) is 24.1 Å². The van der Waals surface area contributed by atoms with Gasteiger partial charge in [0.25, 0.3) is 5.91 Å². The van der Waals surface area contributed by atoms with Crippen molar-refractivity contribution >= 4 is 11.6 Å². The van der Waals surface area contributed by atoms with Gasteiger partial charge in [0.1, 0.15) is 5.60 Å². The molecule has 0 unspecified atom stereocenters. The van der Waals surface area contributed by atoms with Gasteiger partial charge in [-0.25, -0.2) is 0 Å². The molecule has 4 rings (SSSR count). The molecule has 140 valence electrons. The molecule has 2 heterocycles. The second kappa shape index (κ2) is 6.96. The molecule has 0 aliphatic carbocycles. The normalized spacial score (nSPS) is 18.1. The van der Waals surface area contributed by atoms with Crippen LogP contribution in [0.1, 0.15) is 28.8 Å². The van der Waals surface area contributed by atoms with E-state index in [1.807, 2.05) is 35.2 Å². The molecule has 1 spiro atoms. The number of aromatic hydroxyl groups is 1. The van der Waals surface area contributed by atoms with Crippen molar-refractivity contribution in [3.8, 4) is 11.5 Å². The molecule has 2 aliphatic rings. The van der Waals surface area contributed by atoms with Gasteiger partial charge in [-0.05, 0) is 29.8 Å². The molecule has 27 heavy (non-hydrogen) atoms. The zero-order valence-electron chi connectivity index (χ0n) is 15.1. The number of likely N-dealkylation sites (tertiary alicyclic amines) is 1. The van der Waals surface area contributed by atoms with Crippen LogP contribution >= 0.6 is 0 Å². The number of carbonyl (C=O) groups is 1. The summed E-state index contributed by atoms with van der Waals surface area (Å²) in [5, 5.41) is 9.71. The Morgan fingerprint density at radius 3 is 2.63 bits per heavy atom. The number of rotatable bonds is 3. The Morgan fingerprint density at radius 1 is 1.19 bits per heavy atom. The number of nitrogens with one attached hydrogen (secondary N) is 1. The molecule has 0 radical (unpaired) electrons. The van der Waals surface area contributed by atoms with Crippen molar-refractivity contribution in [1.29, 1.82) is 0 Å². The van der Waals surface area contributed by atoms with E-state index in [-0.39, 0.29) is 17.3 Å². The molecule has 6 heteroatoms. The molecule has 0 aromatic heterocycles. The van der Waals surface area contributed by atoms with Crippen LogP contribution in [0.3, 0.4) is 0 Å². The first-order valence-corrected chi connectivity index (χ1v) is 8.99. The zero-order valence-corrected chi connectivity index (χ0v) is 15.1. The standard InChI is InChI=1S/C21H22N2O4/c1-26-19-13-16(7-8-18(19)24)20(25)23-11-9-21(10-12-23)14-17(22-27-21)15-5-3-2-4-6-15/h2-8,13-14,22,24H,9-12H2,1H3. The molecular weight excluding hydrogens is 344 g/mol. The van der Waals surface area contributed by atoms with Crippen LogP contribution in [-0.4, -0.2) is 41.7 Å². The molecule has 2 aromatic rings. The number of benzene rings is 2. The number of hydrogen-bond donors (Lipinski definition) is 2. The number of methoxy groups -OCH3 is 1. The van der Waals surface area contributed by atoms with Crippen LogP contribution in [0.15, 0.2) is 54.6 Å². The van der Waals surface area contributed by atoms with Gasteiger partial charge >= 0.3 is 0 Å². The maximum atomic E-state index is 12.8. The Balaban J connectivity index is 1.45. The minimum absolute atomic E-state index is 0.0238. The minimum atomic E-state index is -0.380. The number of phenolic OH excluding ortho intramolecular Hbond substituents is 1. The summed E-state index contributed by atoms with van der Waals surface area (Å²) in [5.74, 6) is 0.255. The Labute approximate surface area is 158 Å². The van der Waals surface area contributed by atoms with Crippen molar-refractivity contribution < 1.29 is 19.5 Å². The fraction of sp³-hybridized carbons (Fsp3) is 0.286. The van der Waals surface area contributed by atoms with Gasteiger partial charge in [0.15, 0.2) is 11.5 Å². The summed E-state index contributed by atoms with van der Waals surface area (Å²) in [5.41, 5.74) is 5.23. The monoisotopic (exact) mass is 366 g/mol. The molecule has 2 aromatic carbocycles. The predicted molar refractivity (Wildman–Crippen MR) is 101 cm³/mol. The highest BCUT2D eigenvalue weighted by Gasteiger charge is 2.40. The molecule has 2 N–H and O–H groups in total. The number of hydrogen-bond acceptors (Lipinski definition) is 5. The number of nitrogens with zero attached hydrogens (tertiary/aromatic N) is 1. The first kappa shape index (κ1) is 17.4. The van der Waals surface area contributed by atoms with E-state index in [4.69, 9.17) is 9.57 Å². The smallest absolute Gasteiger partial charge is 0.253 e. The van der Waals surface area contributed by atoms with Gasteiger partial charge in [0.2, 0.25) is 0 Å². The van der Waals surface area contributed by atoms with Gasteiger partial charge in [-0.2, -0.15) is 0 Å². The molecular formula is C21H22N2O4. The molecule has 1 amide bonds. The van der Waals surface area contributed by atoms with Gasteiger partial charge in [-0.1, -0.05) is 30.3 Å². The Kier molecular flexibility index (Phi) is 4.49. The highest BCUT2D eigenvalue weighted by Crippen LogP contribution is 2.35. The summed E-state index contributed by atoms with van der Waals surface area (Å²) in [6.07, 6.45) is 3.57. The van der Waals surface area contributed by atoms with Gasteiger partial charge in [-0.15, -0.1) is 0 Å². The van der Waals surface area contributed by atoms with E-state index >= 15 is 0 Å². The first-order chi connectivity index (χ1) is 13.1. The van der Waals surface area contributed by atoms with Gasteiger partial charge in [-0.3, -0.25) is 15.1 Å². The van der Waals surface area contributed by atoms with Crippen molar-refractivity contribution in [3.05, 3.63) is 65.7 Å². The van der Waals surface area contributed by atoms with Crippen LogP contribution in [0.25, 0.3) is 5.70 Å². The van der Waals surface area contributed by atoms with E-state index in [1.54, 1.807) is 12.1 Å². The van der Waals surface area contributed by atoms with Crippen LogP contribution in [-0.2, 0) is 4.84 Å². The largest absolute Gasteiger partial charge is 0.504 e. The lowest BCUT2D eigenvalue weighted by Crippen LogP contribution is -2.46. The summed E-state index contributed by atoms with van der Waals surface area (Å²) < 4.78 is 5.10. The highest BCUT2D eigenvalue weighted by molar-refractivity contribution is 5.95. The number of carbonyl (C=O) groups excluding carboxylic acids is 1. The number of amides is 1. The molecule has 1 fully saturated rings. The van der Waals surface area contributed by atoms with Crippen molar-refractivity contribution in [3.63, 3.8) is 0 Å². The van der Waals surface area contributed by atoms with Crippen LogP contribution in [0.5, 0.6) is 11.5 Å². The van der Waals surface area contributed by atoms with Crippen molar-refractivity contribution in [1.82, 2.24) is 10.4 Å². The molecule has 1 saturated heterocycles. The predicted octanol–water partition coefficient (Wildman–Crippen LogP) is 2.95. The first-order valence-electron chi connectivity index (χ1n) is 8.99. The van der Waals surface area contributed by atoms with Crippen molar-refractivity contribution in [2.75, 3.05) is 20.2 Å². The van der Waals surface area contributed by atoms with E-state index in [2.05, 4.69) is 11.6 Å². The second-order valence-electron chi connectivity index (χ2n) is 6.87. The third-order valence-electron chi connectivity index (χ3n) is 5.18. The average molecular weight is 366 g/mol. The second-order valence-corrected chi connectivity index (χ2v) is 6.87. The molecule has 0 saturated carbocycles. The SMILES string of the molecule is COc1cc(C(=O)N2CCC3(C=C(c4ccccc4)NO3)CC2)ccc1O.